The summed E-state index contributed by atoms with van der Waals surface area (Å²) in [6, 6.07) is 0. The van der Waals surface area contributed by atoms with Gasteiger partial charge in [0.25, 0.3) is 0 Å². The number of halogens is 1. The second kappa shape index (κ2) is 3.15. The van der Waals surface area contributed by atoms with Gasteiger partial charge < -0.3 is 5.21 Å². The fourth-order valence-corrected chi connectivity index (χ4v) is 0.0707. The molecule has 0 unspecified atom stereocenters. The van der Waals surface area contributed by atoms with Crippen LogP contribution in [0.15, 0.2) is 5.16 Å². The third-order valence-electron chi connectivity index (χ3n) is 0.400. The Hall–Kier alpha value is -0.0500. The summed E-state index contributed by atoms with van der Waals surface area (Å²) in [5.41, 5.74) is 0. The smallest absolute Gasteiger partial charge is 0.122 e. The van der Waals surface area contributed by atoms with Crippen molar-refractivity contribution in [2.45, 2.75) is 13.3 Å². The van der Waals surface area contributed by atoms with Crippen LogP contribution in [0.5, 0.6) is 0 Å². The van der Waals surface area contributed by atoms with E-state index in [9.17, 15) is 0 Å². The topological polar surface area (TPSA) is 32.6 Å². The molecular formula is C3H6BrNO. The lowest BCUT2D eigenvalue weighted by molar-refractivity contribution is 0.320. The van der Waals surface area contributed by atoms with Crippen LogP contribution in [0.25, 0.3) is 0 Å². The Labute approximate surface area is 45.0 Å². The summed E-state index contributed by atoms with van der Waals surface area (Å²) in [6.45, 7) is 1.89. The van der Waals surface area contributed by atoms with E-state index in [-0.39, 0.29) is 0 Å². The lowest BCUT2D eigenvalue weighted by atomic mass is 10.6. The van der Waals surface area contributed by atoms with Gasteiger partial charge in [-0.3, -0.25) is 0 Å². The Morgan fingerprint density at radius 2 is 2.50 bits per heavy atom. The Balaban J connectivity index is 3.22. The minimum absolute atomic E-state index is 0.586. The highest BCUT2D eigenvalue weighted by Crippen LogP contribution is 1.91. The van der Waals surface area contributed by atoms with Gasteiger partial charge in [0, 0.05) is 0 Å². The Morgan fingerprint density at radius 1 is 2.00 bits per heavy atom. The summed E-state index contributed by atoms with van der Waals surface area (Å²) >= 11 is 2.98. The van der Waals surface area contributed by atoms with Crippen LogP contribution >= 0.6 is 15.9 Å². The molecule has 0 amide bonds. The van der Waals surface area contributed by atoms with Crippen LogP contribution in [0.3, 0.4) is 0 Å². The van der Waals surface area contributed by atoms with Gasteiger partial charge in [-0.1, -0.05) is 12.1 Å². The van der Waals surface area contributed by atoms with Gasteiger partial charge in [0.1, 0.15) is 4.62 Å². The Bertz CT molecular complexity index is 61.8. The molecule has 0 fully saturated rings. The maximum Gasteiger partial charge on any atom is 0.122 e. The zero-order valence-electron chi connectivity index (χ0n) is 3.48. The van der Waals surface area contributed by atoms with Gasteiger partial charge >= 0.3 is 0 Å². The van der Waals surface area contributed by atoms with Gasteiger partial charge in [-0.25, -0.2) is 0 Å². The first-order valence-electron chi connectivity index (χ1n) is 1.67. The van der Waals surface area contributed by atoms with E-state index in [0.29, 0.717) is 4.62 Å². The largest absolute Gasteiger partial charge is 0.410 e. The summed E-state index contributed by atoms with van der Waals surface area (Å²) in [4.78, 5) is 0. The minimum Gasteiger partial charge on any atom is -0.410 e. The summed E-state index contributed by atoms with van der Waals surface area (Å²) in [5.74, 6) is 0. The Kier molecular flexibility index (Phi) is 3.13. The van der Waals surface area contributed by atoms with E-state index < -0.39 is 0 Å². The van der Waals surface area contributed by atoms with Crippen LogP contribution in [0.1, 0.15) is 13.3 Å². The summed E-state index contributed by atoms with van der Waals surface area (Å²) in [7, 11) is 0. The lowest BCUT2D eigenvalue weighted by Gasteiger charge is -1.79. The van der Waals surface area contributed by atoms with Gasteiger partial charge in [0.15, 0.2) is 0 Å². The molecule has 0 atom stereocenters. The van der Waals surface area contributed by atoms with Gasteiger partial charge in [0.2, 0.25) is 0 Å². The van der Waals surface area contributed by atoms with Crippen molar-refractivity contribution in [3.63, 3.8) is 0 Å². The highest BCUT2D eigenvalue weighted by Gasteiger charge is 1.81. The van der Waals surface area contributed by atoms with Crippen LogP contribution < -0.4 is 0 Å². The minimum atomic E-state index is 0.586. The van der Waals surface area contributed by atoms with E-state index in [1.54, 1.807) is 0 Å². The number of nitrogens with zero attached hydrogens (tertiary/aromatic N) is 1. The maximum atomic E-state index is 7.88. The molecule has 0 aromatic rings. The summed E-state index contributed by atoms with van der Waals surface area (Å²) in [6.07, 6.45) is 0.747. The Morgan fingerprint density at radius 3 is 2.50 bits per heavy atom. The molecule has 0 aliphatic rings. The standard InChI is InChI=1S/C3H6BrNO/c1-2-3(4)5-6/h6H,2H2,1H3/b5-3-. The van der Waals surface area contributed by atoms with Crippen LogP contribution in [-0.4, -0.2) is 9.83 Å². The molecule has 0 aliphatic carbocycles. The van der Waals surface area contributed by atoms with E-state index in [2.05, 4.69) is 21.1 Å². The third kappa shape index (κ3) is 2.20. The number of oxime groups is 1. The molecule has 0 aromatic carbocycles. The molecule has 36 valence electrons. The van der Waals surface area contributed by atoms with Crippen molar-refractivity contribution in [1.29, 1.82) is 0 Å². The lowest BCUT2D eigenvalue weighted by Crippen LogP contribution is -1.77. The molecular weight excluding hydrogens is 146 g/mol. The molecule has 0 spiro atoms. The van der Waals surface area contributed by atoms with Crippen molar-refractivity contribution in [3.8, 4) is 0 Å². The van der Waals surface area contributed by atoms with E-state index in [0.717, 1.165) is 6.42 Å². The fourth-order valence-electron chi connectivity index (χ4n) is 0.0707. The van der Waals surface area contributed by atoms with Crippen molar-refractivity contribution in [2.75, 3.05) is 0 Å². The second-order valence-electron chi connectivity index (χ2n) is 0.830. The van der Waals surface area contributed by atoms with E-state index in [4.69, 9.17) is 5.21 Å². The highest BCUT2D eigenvalue weighted by atomic mass is 79.9. The van der Waals surface area contributed by atoms with Crippen molar-refractivity contribution in [3.05, 3.63) is 0 Å². The summed E-state index contributed by atoms with van der Waals surface area (Å²) in [5, 5.41) is 10.7. The van der Waals surface area contributed by atoms with Gasteiger partial charge in [0.05, 0.1) is 0 Å². The molecule has 0 saturated heterocycles. The first-order chi connectivity index (χ1) is 2.81. The maximum absolute atomic E-state index is 7.88. The van der Waals surface area contributed by atoms with Crippen LogP contribution in [0, 0.1) is 0 Å². The first kappa shape index (κ1) is 5.95. The SMILES string of the molecule is CC/C(Br)=N/O. The summed E-state index contributed by atoms with van der Waals surface area (Å²) < 4.78 is 0.586. The quantitative estimate of drug-likeness (QED) is 0.345. The number of rotatable bonds is 1. The highest BCUT2D eigenvalue weighted by molar-refractivity contribution is 9.18. The molecule has 0 heterocycles. The molecule has 2 nitrogen and oxygen atoms in total. The normalized spacial score (nSPS) is 12.0. The van der Waals surface area contributed by atoms with Gasteiger partial charge in [-0.15, -0.1) is 0 Å². The van der Waals surface area contributed by atoms with E-state index in [1.165, 1.54) is 0 Å². The molecule has 0 aromatic heterocycles. The average molecular weight is 152 g/mol. The molecule has 0 bridgehead atoms. The zero-order chi connectivity index (χ0) is 4.99. The van der Waals surface area contributed by atoms with Crippen LogP contribution in [-0.2, 0) is 0 Å². The van der Waals surface area contributed by atoms with Gasteiger partial charge in [-0.2, -0.15) is 0 Å². The molecule has 0 aliphatic heterocycles. The van der Waals surface area contributed by atoms with Gasteiger partial charge in [-0.05, 0) is 22.4 Å². The number of hydrogen-bond acceptors (Lipinski definition) is 2. The van der Waals surface area contributed by atoms with Crippen molar-refractivity contribution < 1.29 is 5.21 Å². The molecule has 3 heteroatoms. The van der Waals surface area contributed by atoms with E-state index >= 15 is 0 Å². The fraction of sp³-hybridized carbons (Fsp3) is 0.667. The van der Waals surface area contributed by atoms with Crippen LogP contribution in [0.2, 0.25) is 0 Å². The van der Waals surface area contributed by atoms with Crippen molar-refractivity contribution in [1.82, 2.24) is 0 Å². The molecule has 6 heavy (non-hydrogen) atoms. The monoisotopic (exact) mass is 151 g/mol. The first-order valence-corrected chi connectivity index (χ1v) is 2.47. The molecule has 0 saturated carbocycles. The van der Waals surface area contributed by atoms with E-state index in [1.807, 2.05) is 6.92 Å². The van der Waals surface area contributed by atoms with Crippen molar-refractivity contribution in [2.24, 2.45) is 5.16 Å². The molecule has 0 radical (unpaired) electrons. The van der Waals surface area contributed by atoms with Crippen LogP contribution in [0.4, 0.5) is 0 Å². The molecule has 0 rings (SSSR count). The molecule has 1 N–H and O–H groups in total. The third-order valence-corrected chi connectivity index (χ3v) is 1.12. The second-order valence-corrected chi connectivity index (χ2v) is 1.75. The van der Waals surface area contributed by atoms with Crippen molar-refractivity contribution >= 4 is 20.6 Å². The zero-order valence-corrected chi connectivity index (χ0v) is 5.07. The average Bonchev–Trinajstić information content (AvgIpc) is 1.65. The predicted octanol–water partition coefficient (Wildman–Crippen LogP) is 1.58. The predicted molar refractivity (Wildman–Crippen MR) is 28.4 cm³/mol. The number of hydrogen-bond donors (Lipinski definition) is 1.